The second-order valence-electron chi connectivity index (χ2n) is 2.57. The molecule has 4 nitrogen and oxygen atoms in total. The van der Waals surface area contributed by atoms with Crippen molar-refractivity contribution in [2.75, 3.05) is 12.4 Å². The summed E-state index contributed by atoms with van der Waals surface area (Å²) in [6.45, 7) is 0. The van der Waals surface area contributed by atoms with Gasteiger partial charge in [0, 0.05) is 19.4 Å². The first-order valence-electron chi connectivity index (χ1n) is 3.86. The average Bonchev–Trinajstić information content (AvgIpc) is 2.16. The molecule has 5 heteroatoms. The minimum Gasteiger partial charge on any atom is -0.372 e. The van der Waals surface area contributed by atoms with Crippen LogP contribution in [0.2, 0.25) is 0 Å². The monoisotopic (exact) mass is 192 g/mol. The first-order chi connectivity index (χ1) is 6.31. The zero-order chi connectivity index (χ0) is 9.26. The second kappa shape index (κ2) is 3.23. The predicted octanol–water partition coefficient (Wildman–Crippen LogP) is 0.567. The number of anilines is 1. The SMILES string of the molecule is CNc1nc(P)nc2ccncc12. The van der Waals surface area contributed by atoms with Crippen molar-refractivity contribution in [3.05, 3.63) is 18.5 Å². The van der Waals surface area contributed by atoms with Gasteiger partial charge in [0.05, 0.1) is 10.9 Å². The van der Waals surface area contributed by atoms with E-state index in [0.29, 0.717) is 5.57 Å². The van der Waals surface area contributed by atoms with Gasteiger partial charge in [-0.2, -0.15) is 0 Å². The number of nitrogens with one attached hydrogen (secondary N) is 1. The number of hydrogen-bond donors (Lipinski definition) is 1. The number of hydrogen-bond acceptors (Lipinski definition) is 4. The van der Waals surface area contributed by atoms with Gasteiger partial charge in [0.25, 0.3) is 0 Å². The summed E-state index contributed by atoms with van der Waals surface area (Å²) in [5.74, 6) is 0.808. The summed E-state index contributed by atoms with van der Waals surface area (Å²) in [6, 6.07) is 1.87. The summed E-state index contributed by atoms with van der Waals surface area (Å²) >= 11 is 0. The number of nitrogens with zero attached hydrogens (tertiary/aromatic N) is 3. The van der Waals surface area contributed by atoms with Crippen molar-refractivity contribution in [3.8, 4) is 0 Å². The smallest absolute Gasteiger partial charge is 0.147 e. The van der Waals surface area contributed by atoms with E-state index in [4.69, 9.17) is 0 Å². The Kier molecular flexibility index (Phi) is 2.07. The summed E-state index contributed by atoms with van der Waals surface area (Å²) in [7, 11) is 4.31. The maximum atomic E-state index is 4.26. The van der Waals surface area contributed by atoms with Gasteiger partial charge in [-0.25, -0.2) is 9.97 Å². The summed E-state index contributed by atoms with van der Waals surface area (Å²) in [6.07, 6.45) is 3.48. The average molecular weight is 192 g/mol. The summed E-state index contributed by atoms with van der Waals surface area (Å²) in [5, 5.41) is 3.95. The van der Waals surface area contributed by atoms with E-state index >= 15 is 0 Å². The lowest BCUT2D eigenvalue weighted by molar-refractivity contribution is 1.25. The second-order valence-corrected chi connectivity index (χ2v) is 3.09. The molecular formula is C8H9N4P. The molecule has 1 N–H and O–H groups in total. The number of fused-ring (bicyclic) bond motifs is 1. The summed E-state index contributed by atoms with van der Waals surface area (Å²) < 4.78 is 0. The van der Waals surface area contributed by atoms with E-state index in [-0.39, 0.29) is 0 Å². The van der Waals surface area contributed by atoms with Crippen molar-refractivity contribution in [1.82, 2.24) is 15.0 Å². The molecule has 66 valence electrons. The van der Waals surface area contributed by atoms with Crippen molar-refractivity contribution < 1.29 is 0 Å². The lowest BCUT2D eigenvalue weighted by Crippen LogP contribution is -2.07. The largest absolute Gasteiger partial charge is 0.372 e. The van der Waals surface area contributed by atoms with E-state index in [1.807, 2.05) is 13.1 Å². The van der Waals surface area contributed by atoms with Crippen LogP contribution >= 0.6 is 9.24 Å². The van der Waals surface area contributed by atoms with Crippen LogP contribution in [0.5, 0.6) is 0 Å². The highest BCUT2D eigenvalue weighted by Gasteiger charge is 2.02. The van der Waals surface area contributed by atoms with Crippen LogP contribution < -0.4 is 10.9 Å². The molecule has 0 aliphatic carbocycles. The van der Waals surface area contributed by atoms with Crippen molar-refractivity contribution in [3.63, 3.8) is 0 Å². The van der Waals surface area contributed by atoms with Gasteiger partial charge in [0.15, 0.2) is 0 Å². The molecule has 0 aliphatic heterocycles. The van der Waals surface area contributed by atoms with Gasteiger partial charge in [0.1, 0.15) is 11.4 Å². The quantitative estimate of drug-likeness (QED) is 0.671. The first kappa shape index (κ1) is 8.32. The molecular weight excluding hydrogens is 183 g/mol. The van der Waals surface area contributed by atoms with Crippen LogP contribution in [-0.2, 0) is 0 Å². The van der Waals surface area contributed by atoms with Crippen molar-refractivity contribution in [2.45, 2.75) is 0 Å². The Labute approximate surface area is 78.0 Å². The predicted molar refractivity (Wildman–Crippen MR) is 56.2 cm³/mol. The van der Waals surface area contributed by atoms with Crippen molar-refractivity contribution >= 4 is 31.5 Å². The van der Waals surface area contributed by atoms with Crippen LogP contribution in [0.3, 0.4) is 0 Å². The third kappa shape index (κ3) is 1.45. The van der Waals surface area contributed by atoms with Crippen LogP contribution in [0, 0.1) is 0 Å². The van der Waals surface area contributed by atoms with E-state index in [9.17, 15) is 0 Å². The first-order valence-corrected chi connectivity index (χ1v) is 4.44. The molecule has 0 amide bonds. The highest BCUT2D eigenvalue weighted by molar-refractivity contribution is 7.26. The Morgan fingerprint density at radius 3 is 3.00 bits per heavy atom. The molecule has 13 heavy (non-hydrogen) atoms. The third-order valence-corrected chi connectivity index (χ3v) is 2.01. The molecule has 2 aromatic heterocycles. The van der Waals surface area contributed by atoms with Crippen LogP contribution in [0.1, 0.15) is 0 Å². The van der Waals surface area contributed by atoms with Crippen LogP contribution in [0.4, 0.5) is 5.82 Å². The molecule has 0 fully saturated rings. The van der Waals surface area contributed by atoms with Crippen molar-refractivity contribution in [1.29, 1.82) is 0 Å². The van der Waals surface area contributed by atoms with Crippen molar-refractivity contribution in [2.24, 2.45) is 0 Å². The molecule has 0 aliphatic rings. The van der Waals surface area contributed by atoms with E-state index in [2.05, 4.69) is 29.5 Å². The molecule has 2 heterocycles. The minimum absolute atomic E-state index is 0.683. The summed E-state index contributed by atoms with van der Waals surface area (Å²) in [4.78, 5) is 12.5. The Balaban J connectivity index is 2.81. The standard InChI is InChI=1S/C8H9N4P/c1-9-7-5-4-10-3-2-6(5)11-8(13)12-7/h2-4H,13H2,1H3,(H,9,11,12). The molecule has 0 spiro atoms. The highest BCUT2D eigenvalue weighted by Crippen LogP contribution is 2.15. The molecule has 2 aromatic rings. The molecule has 1 unspecified atom stereocenters. The molecule has 0 radical (unpaired) electrons. The van der Waals surface area contributed by atoms with E-state index in [1.54, 1.807) is 12.4 Å². The molecule has 0 bridgehead atoms. The van der Waals surface area contributed by atoms with Gasteiger partial charge < -0.3 is 5.32 Å². The lowest BCUT2D eigenvalue weighted by Gasteiger charge is -2.04. The maximum Gasteiger partial charge on any atom is 0.147 e. The minimum atomic E-state index is 0.683. The fourth-order valence-electron chi connectivity index (χ4n) is 1.18. The van der Waals surface area contributed by atoms with E-state index in [1.165, 1.54) is 0 Å². The molecule has 1 atom stereocenters. The van der Waals surface area contributed by atoms with Gasteiger partial charge in [0.2, 0.25) is 0 Å². The Morgan fingerprint density at radius 2 is 2.23 bits per heavy atom. The third-order valence-electron chi connectivity index (χ3n) is 1.75. The molecule has 2 rings (SSSR count). The van der Waals surface area contributed by atoms with E-state index in [0.717, 1.165) is 16.7 Å². The summed E-state index contributed by atoms with van der Waals surface area (Å²) in [5.41, 5.74) is 1.59. The Bertz CT molecular complexity index is 443. The van der Waals surface area contributed by atoms with Gasteiger partial charge in [-0.15, -0.1) is 0 Å². The van der Waals surface area contributed by atoms with Crippen LogP contribution in [-0.4, -0.2) is 22.0 Å². The zero-order valence-corrected chi connectivity index (χ0v) is 8.31. The van der Waals surface area contributed by atoms with Gasteiger partial charge in [-0.1, -0.05) is 9.24 Å². The van der Waals surface area contributed by atoms with E-state index < -0.39 is 0 Å². The normalized spacial score (nSPS) is 10.3. The lowest BCUT2D eigenvalue weighted by atomic mass is 10.3. The topological polar surface area (TPSA) is 50.7 Å². The van der Waals surface area contributed by atoms with Crippen LogP contribution in [0.15, 0.2) is 18.5 Å². The highest BCUT2D eigenvalue weighted by atomic mass is 31.0. The zero-order valence-electron chi connectivity index (χ0n) is 7.15. The Hall–Kier alpha value is -1.28. The number of rotatable bonds is 1. The molecule has 0 saturated carbocycles. The number of aromatic nitrogens is 3. The fourth-order valence-corrected chi connectivity index (χ4v) is 1.45. The van der Waals surface area contributed by atoms with Crippen LogP contribution in [0.25, 0.3) is 10.9 Å². The number of pyridine rings is 1. The fraction of sp³-hybridized carbons (Fsp3) is 0.125. The maximum absolute atomic E-state index is 4.26. The van der Waals surface area contributed by atoms with Gasteiger partial charge >= 0.3 is 0 Å². The molecule has 0 aromatic carbocycles. The molecule has 0 saturated heterocycles. The van der Waals surface area contributed by atoms with Gasteiger partial charge in [-0.3, -0.25) is 4.98 Å². The van der Waals surface area contributed by atoms with Gasteiger partial charge in [-0.05, 0) is 6.07 Å². The Morgan fingerprint density at radius 1 is 1.38 bits per heavy atom.